The van der Waals surface area contributed by atoms with Crippen molar-refractivity contribution in [1.29, 1.82) is 0 Å². The predicted octanol–water partition coefficient (Wildman–Crippen LogP) is 1.36. The number of amides is 2. The number of nitrogens with zero attached hydrogens (tertiary/aromatic N) is 5. The van der Waals surface area contributed by atoms with Crippen LogP contribution in [0.3, 0.4) is 0 Å². The Bertz CT molecular complexity index is 652. The summed E-state index contributed by atoms with van der Waals surface area (Å²) in [5, 5.41) is 10.3. The van der Waals surface area contributed by atoms with Gasteiger partial charge < -0.3 is 20.1 Å². The number of hydrogen-bond donors (Lipinski definition) is 2. The van der Waals surface area contributed by atoms with E-state index in [4.69, 9.17) is 0 Å². The summed E-state index contributed by atoms with van der Waals surface area (Å²) >= 11 is 0. The molecule has 0 aliphatic carbocycles. The Hall–Kier alpha value is -2.51. The van der Waals surface area contributed by atoms with Gasteiger partial charge in [0.05, 0.1) is 18.2 Å². The van der Waals surface area contributed by atoms with Crippen LogP contribution in [0.2, 0.25) is 0 Å². The fraction of sp³-hybridized carbons (Fsp3) is 0.588. The van der Waals surface area contributed by atoms with E-state index < -0.39 is 0 Å². The number of carbonyl (C=O) groups is 1. The molecule has 1 aliphatic heterocycles. The second-order valence-electron chi connectivity index (χ2n) is 6.57. The number of nitrogens with one attached hydrogen (secondary N) is 2. The summed E-state index contributed by atoms with van der Waals surface area (Å²) in [7, 11) is 1.92. The van der Waals surface area contributed by atoms with Gasteiger partial charge in [-0.3, -0.25) is 4.68 Å². The normalized spacial score (nSPS) is 17.5. The van der Waals surface area contributed by atoms with Crippen molar-refractivity contribution < 1.29 is 4.79 Å². The zero-order chi connectivity index (χ0) is 17.5. The molecule has 1 fully saturated rings. The minimum absolute atomic E-state index is 0.0688. The first-order chi connectivity index (χ1) is 12.2. The molecule has 3 heterocycles. The van der Waals surface area contributed by atoms with Gasteiger partial charge in [0.1, 0.15) is 0 Å². The van der Waals surface area contributed by atoms with E-state index >= 15 is 0 Å². The minimum atomic E-state index is -0.0688. The van der Waals surface area contributed by atoms with E-state index in [1.54, 1.807) is 6.20 Å². The smallest absolute Gasteiger partial charge is 0.315 e. The highest BCUT2D eigenvalue weighted by atomic mass is 16.2. The van der Waals surface area contributed by atoms with Crippen LogP contribution in [0, 0.1) is 0 Å². The first kappa shape index (κ1) is 17.3. The van der Waals surface area contributed by atoms with Crippen molar-refractivity contribution in [1.82, 2.24) is 30.0 Å². The number of aryl methyl sites for hydroxylation is 2. The third-order valence-electron chi connectivity index (χ3n) is 4.50. The van der Waals surface area contributed by atoms with Gasteiger partial charge in [-0.25, -0.2) is 9.78 Å². The van der Waals surface area contributed by atoms with E-state index in [0.717, 1.165) is 51.0 Å². The highest BCUT2D eigenvalue weighted by Gasteiger charge is 2.22. The monoisotopic (exact) mass is 345 g/mol. The van der Waals surface area contributed by atoms with Gasteiger partial charge in [-0.05, 0) is 25.7 Å². The van der Waals surface area contributed by atoms with Gasteiger partial charge in [-0.2, -0.15) is 5.10 Å². The molecule has 3 rings (SSSR count). The van der Waals surface area contributed by atoms with E-state index in [9.17, 15) is 4.79 Å². The standard InChI is InChI=1S/C17H27N7O/c1-22-13-16(11-20-22)24-9-4-5-15(12-24)21-17(25)19-6-2-3-8-23-10-7-18-14-23/h7,10-11,13-15H,2-6,8-9,12H2,1H3,(H2,19,21,25)/t15-/m0/s1. The lowest BCUT2D eigenvalue weighted by molar-refractivity contribution is 0.235. The van der Waals surface area contributed by atoms with Gasteiger partial charge in [0, 0.05) is 57.9 Å². The van der Waals surface area contributed by atoms with Crippen molar-refractivity contribution in [2.24, 2.45) is 7.05 Å². The molecule has 8 heteroatoms. The average molecular weight is 345 g/mol. The van der Waals surface area contributed by atoms with Crippen LogP contribution in [-0.2, 0) is 13.6 Å². The fourth-order valence-corrected chi connectivity index (χ4v) is 3.18. The van der Waals surface area contributed by atoms with Crippen LogP contribution in [0.25, 0.3) is 0 Å². The topological polar surface area (TPSA) is 80.0 Å². The maximum absolute atomic E-state index is 12.1. The first-order valence-electron chi connectivity index (χ1n) is 8.94. The molecule has 2 aromatic rings. The summed E-state index contributed by atoms with van der Waals surface area (Å²) in [5.74, 6) is 0. The van der Waals surface area contributed by atoms with Gasteiger partial charge in [-0.1, -0.05) is 0 Å². The third-order valence-corrected chi connectivity index (χ3v) is 4.50. The zero-order valence-electron chi connectivity index (χ0n) is 14.8. The molecule has 136 valence electrons. The van der Waals surface area contributed by atoms with E-state index in [0.29, 0.717) is 6.54 Å². The number of carbonyl (C=O) groups excluding carboxylic acids is 1. The van der Waals surface area contributed by atoms with Crippen LogP contribution >= 0.6 is 0 Å². The maximum atomic E-state index is 12.1. The van der Waals surface area contributed by atoms with Crippen molar-refractivity contribution >= 4 is 11.7 Å². The lowest BCUT2D eigenvalue weighted by Crippen LogP contribution is -2.50. The summed E-state index contributed by atoms with van der Waals surface area (Å²) in [6.45, 7) is 3.48. The van der Waals surface area contributed by atoms with Crippen LogP contribution in [-0.4, -0.2) is 51.0 Å². The minimum Gasteiger partial charge on any atom is -0.367 e. The molecule has 8 nitrogen and oxygen atoms in total. The summed E-state index contributed by atoms with van der Waals surface area (Å²) in [5.41, 5.74) is 1.12. The SMILES string of the molecule is Cn1cc(N2CCC[C@H](NC(=O)NCCCCn3ccnc3)C2)cn1. The van der Waals surface area contributed by atoms with Gasteiger partial charge >= 0.3 is 6.03 Å². The van der Waals surface area contributed by atoms with Crippen LogP contribution < -0.4 is 15.5 Å². The predicted molar refractivity (Wildman–Crippen MR) is 96.4 cm³/mol. The Balaban J connectivity index is 1.33. The fourth-order valence-electron chi connectivity index (χ4n) is 3.18. The van der Waals surface area contributed by atoms with Crippen LogP contribution in [0.15, 0.2) is 31.1 Å². The summed E-state index contributed by atoms with van der Waals surface area (Å²) < 4.78 is 3.86. The van der Waals surface area contributed by atoms with Crippen molar-refractivity contribution in [2.75, 3.05) is 24.5 Å². The van der Waals surface area contributed by atoms with Crippen LogP contribution in [0.5, 0.6) is 0 Å². The number of aromatic nitrogens is 4. The largest absolute Gasteiger partial charge is 0.367 e. The molecule has 25 heavy (non-hydrogen) atoms. The number of imidazole rings is 1. The Morgan fingerprint density at radius 3 is 3.08 bits per heavy atom. The third kappa shape index (κ3) is 5.23. The summed E-state index contributed by atoms with van der Waals surface area (Å²) in [6, 6.07) is 0.112. The van der Waals surface area contributed by atoms with Crippen LogP contribution in [0.4, 0.5) is 10.5 Å². The number of rotatable bonds is 7. The van der Waals surface area contributed by atoms with Gasteiger partial charge in [-0.15, -0.1) is 0 Å². The Labute approximate surface area is 148 Å². The highest BCUT2D eigenvalue weighted by molar-refractivity contribution is 5.74. The number of piperidine rings is 1. The second kappa shape index (κ2) is 8.55. The number of unbranched alkanes of at least 4 members (excludes halogenated alkanes) is 1. The molecule has 0 saturated carbocycles. The number of anilines is 1. The molecule has 1 saturated heterocycles. The molecule has 0 aromatic carbocycles. The molecule has 2 amide bonds. The van der Waals surface area contributed by atoms with Gasteiger partial charge in [0.15, 0.2) is 0 Å². The van der Waals surface area contributed by atoms with Gasteiger partial charge in [0.25, 0.3) is 0 Å². The molecule has 2 N–H and O–H groups in total. The molecule has 1 aliphatic rings. The van der Waals surface area contributed by atoms with E-state index in [1.807, 2.05) is 36.6 Å². The number of urea groups is 1. The summed E-state index contributed by atoms with van der Waals surface area (Å²) in [4.78, 5) is 18.4. The molecule has 0 radical (unpaired) electrons. The highest BCUT2D eigenvalue weighted by Crippen LogP contribution is 2.18. The Morgan fingerprint density at radius 1 is 1.40 bits per heavy atom. The summed E-state index contributed by atoms with van der Waals surface area (Å²) in [6.07, 6.45) is 13.5. The molecule has 0 unspecified atom stereocenters. The Kier molecular flexibility index (Phi) is 5.92. The molecule has 0 bridgehead atoms. The molecule has 1 atom stereocenters. The Morgan fingerprint density at radius 2 is 2.32 bits per heavy atom. The first-order valence-corrected chi connectivity index (χ1v) is 8.94. The van der Waals surface area contributed by atoms with E-state index in [-0.39, 0.29) is 12.1 Å². The quantitative estimate of drug-likeness (QED) is 0.743. The van der Waals surface area contributed by atoms with Crippen LogP contribution in [0.1, 0.15) is 25.7 Å². The molecular weight excluding hydrogens is 318 g/mol. The lowest BCUT2D eigenvalue weighted by atomic mass is 10.1. The average Bonchev–Trinajstić information content (AvgIpc) is 3.26. The maximum Gasteiger partial charge on any atom is 0.315 e. The molecule has 0 spiro atoms. The van der Waals surface area contributed by atoms with Gasteiger partial charge in [0.2, 0.25) is 0 Å². The van der Waals surface area contributed by atoms with Crippen molar-refractivity contribution in [3.63, 3.8) is 0 Å². The molecular formula is C17H27N7O. The zero-order valence-corrected chi connectivity index (χ0v) is 14.8. The lowest BCUT2D eigenvalue weighted by Gasteiger charge is -2.33. The van der Waals surface area contributed by atoms with Crippen molar-refractivity contribution in [3.05, 3.63) is 31.1 Å². The van der Waals surface area contributed by atoms with E-state index in [1.165, 1.54) is 0 Å². The number of hydrogen-bond acceptors (Lipinski definition) is 4. The molecule has 2 aromatic heterocycles. The van der Waals surface area contributed by atoms with Crippen molar-refractivity contribution in [2.45, 2.75) is 38.3 Å². The second-order valence-corrected chi connectivity index (χ2v) is 6.57. The van der Waals surface area contributed by atoms with E-state index in [2.05, 4.69) is 30.2 Å². The van der Waals surface area contributed by atoms with Crippen molar-refractivity contribution in [3.8, 4) is 0 Å².